The molecular formula is C15H12F2N4O3S. The highest BCUT2D eigenvalue weighted by Gasteiger charge is 2.13. The highest BCUT2D eigenvalue weighted by atomic mass is 32.2. The first-order valence-electron chi connectivity index (χ1n) is 7.00. The van der Waals surface area contributed by atoms with E-state index in [2.05, 4.69) is 15.5 Å². The molecule has 0 aliphatic carbocycles. The fourth-order valence-electron chi connectivity index (χ4n) is 2.07. The second kappa shape index (κ2) is 6.55. The Kier molecular flexibility index (Phi) is 4.45. The minimum Gasteiger partial charge on any atom is -0.482 e. The number of rotatable bonds is 5. The lowest BCUT2D eigenvalue weighted by Crippen LogP contribution is -2.08. The molecule has 25 heavy (non-hydrogen) atoms. The summed E-state index contributed by atoms with van der Waals surface area (Å²) in [6.45, 7) is -0.163. The quantitative estimate of drug-likeness (QED) is 0.686. The molecule has 0 unspecified atom stereocenters. The van der Waals surface area contributed by atoms with Gasteiger partial charge in [-0.2, -0.15) is 4.68 Å². The van der Waals surface area contributed by atoms with Gasteiger partial charge in [0.2, 0.25) is 0 Å². The van der Waals surface area contributed by atoms with Crippen LogP contribution in [0.5, 0.6) is 5.75 Å². The van der Waals surface area contributed by atoms with Gasteiger partial charge in [0, 0.05) is 12.3 Å². The monoisotopic (exact) mass is 366 g/mol. The normalized spacial score (nSPS) is 11.5. The summed E-state index contributed by atoms with van der Waals surface area (Å²) in [5.74, 6) is -1.42. The molecule has 7 nitrogen and oxygen atoms in total. The molecule has 0 aliphatic heterocycles. The molecule has 1 heterocycles. The van der Waals surface area contributed by atoms with Crippen LogP contribution in [0.2, 0.25) is 0 Å². The van der Waals surface area contributed by atoms with Crippen molar-refractivity contribution in [3.05, 3.63) is 59.9 Å². The smallest absolute Gasteiger partial charge is 0.194 e. The van der Waals surface area contributed by atoms with Crippen LogP contribution in [0, 0.1) is 11.6 Å². The van der Waals surface area contributed by atoms with E-state index in [1.54, 1.807) is 0 Å². The van der Waals surface area contributed by atoms with Crippen molar-refractivity contribution < 1.29 is 21.9 Å². The van der Waals surface area contributed by atoms with E-state index >= 15 is 0 Å². The van der Waals surface area contributed by atoms with Gasteiger partial charge in [-0.1, -0.05) is 0 Å². The Morgan fingerprint density at radius 2 is 1.84 bits per heavy atom. The molecule has 0 saturated heterocycles. The first-order valence-corrected chi connectivity index (χ1v) is 8.89. The molecule has 0 atom stereocenters. The van der Waals surface area contributed by atoms with Crippen LogP contribution in [0.15, 0.2) is 47.4 Å². The first kappa shape index (κ1) is 17.0. The van der Waals surface area contributed by atoms with Crippen LogP contribution in [0.3, 0.4) is 0 Å². The fraction of sp³-hybridized carbons (Fsp3) is 0.133. The number of tetrazole rings is 1. The SMILES string of the molecule is CS(=O)(=O)c1ccc(-n2nnnc2COc2ccc(F)cc2F)cc1. The fourth-order valence-corrected chi connectivity index (χ4v) is 2.70. The topological polar surface area (TPSA) is 87.0 Å². The van der Waals surface area contributed by atoms with Crippen LogP contribution in [0.25, 0.3) is 5.69 Å². The van der Waals surface area contributed by atoms with Crippen LogP contribution in [-0.2, 0) is 16.4 Å². The lowest BCUT2D eigenvalue weighted by molar-refractivity contribution is 0.277. The molecule has 0 amide bonds. The van der Waals surface area contributed by atoms with Gasteiger partial charge < -0.3 is 4.74 Å². The summed E-state index contributed by atoms with van der Waals surface area (Å²) in [6, 6.07) is 8.88. The first-order chi connectivity index (χ1) is 11.8. The number of benzene rings is 2. The summed E-state index contributed by atoms with van der Waals surface area (Å²) >= 11 is 0. The molecule has 0 fully saturated rings. The molecular weight excluding hydrogens is 354 g/mol. The second-order valence-electron chi connectivity index (χ2n) is 5.14. The molecule has 0 bridgehead atoms. The molecule has 0 aliphatic rings. The molecule has 0 saturated carbocycles. The zero-order chi connectivity index (χ0) is 18.0. The van der Waals surface area contributed by atoms with E-state index in [-0.39, 0.29) is 23.1 Å². The Labute approximate surface area is 141 Å². The third-order valence-corrected chi connectivity index (χ3v) is 4.42. The molecule has 1 aromatic heterocycles. The Bertz CT molecular complexity index is 1000. The standard InChI is InChI=1S/C15H12F2N4O3S/c1-25(22,23)12-5-3-11(4-6-12)21-15(18-19-20-21)9-24-14-7-2-10(16)8-13(14)17/h2-8H,9H2,1H3. The number of halogens is 2. The number of sulfone groups is 1. The van der Waals surface area contributed by atoms with Crippen LogP contribution in [0.4, 0.5) is 8.78 Å². The van der Waals surface area contributed by atoms with Crippen molar-refractivity contribution in [3.63, 3.8) is 0 Å². The van der Waals surface area contributed by atoms with Gasteiger partial charge in [-0.25, -0.2) is 17.2 Å². The van der Waals surface area contributed by atoms with Crippen molar-refractivity contribution in [3.8, 4) is 11.4 Å². The van der Waals surface area contributed by atoms with Crippen molar-refractivity contribution in [2.45, 2.75) is 11.5 Å². The Morgan fingerprint density at radius 3 is 2.48 bits per heavy atom. The van der Waals surface area contributed by atoms with Crippen molar-refractivity contribution in [1.82, 2.24) is 20.2 Å². The predicted octanol–water partition coefficient (Wildman–Crippen LogP) is 1.92. The van der Waals surface area contributed by atoms with E-state index in [0.717, 1.165) is 12.3 Å². The zero-order valence-corrected chi connectivity index (χ0v) is 13.7. The van der Waals surface area contributed by atoms with Crippen LogP contribution in [0.1, 0.15) is 5.82 Å². The van der Waals surface area contributed by atoms with E-state index < -0.39 is 21.5 Å². The van der Waals surface area contributed by atoms with E-state index in [0.29, 0.717) is 11.8 Å². The van der Waals surface area contributed by atoms with E-state index in [4.69, 9.17) is 4.74 Å². The maximum atomic E-state index is 13.6. The average Bonchev–Trinajstić information content (AvgIpc) is 3.02. The summed E-state index contributed by atoms with van der Waals surface area (Å²) in [5.41, 5.74) is 0.510. The van der Waals surface area contributed by atoms with Crippen LogP contribution >= 0.6 is 0 Å². The van der Waals surface area contributed by atoms with E-state index in [1.165, 1.54) is 35.0 Å². The molecule has 0 N–H and O–H groups in total. The molecule has 130 valence electrons. The molecule has 10 heteroatoms. The van der Waals surface area contributed by atoms with Gasteiger partial charge in [0.15, 0.2) is 27.2 Å². The number of nitrogens with zero attached hydrogens (tertiary/aromatic N) is 4. The minimum atomic E-state index is -3.31. The van der Waals surface area contributed by atoms with E-state index in [1.807, 2.05) is 0 Å². The predicted molar refractivity (Wildman–Crippen MR) is 83.0 cm³/mol. The Hall–Kier alpha value is -2.88. The average molecular weight is 366 g/mol. The highest BCUT2D eigenvalue weighted by Crippen LogP contribution is 2.19. The minimum absolute atomic E-state index is 0.136. The third kappa shape index (κ3) is 3.79. The van der Waals surface area contributed by atoms with Gasteiger partial charge in [-0.05, 0) is 46.8 Å². The molecule has 0 spiro atoms. The maximum absolute atomic E-state index is 13.6. The van der Waals surface area contributed by atoms with Gasteiger partial charge in [0.25, 0.3) is 0 Å². The lowest BCUT2D eigenvalue weighted by Gasteiger charge is -2.08. The number of ether oxygens (including phenoxy) is 1. The van der Waals surface area contributed by atoms with E-state index in [9.17, 15) is 17.2 Å². The maximum Gasteiger partial charge on any atom is 0.194 e. The summed E-state index contributed by atoms with van der Waals surface area (Å²) in [7, 11) is -3.31. The lowest BCUT2D eigenvalue weighted by atomic mass is 10.3. The zero-order valence-electron chi connectivity index (χ0n) is 12.9. The Morgan fingerprint density at radius 1 is 1.12 bits per heavy atom. The highest BCUT2D eigenvalue weighted by molar-refractivity contribution is 7.90. The van der Waals surface area contributed by atoms with Crippen LogP contribution in [-0.4, -0.2) is 34.9 Å². The number of aromatic nitrogens is 4. The number of hydrogen-bond donors (Lipinski definition) is 0. The largest absolute Gasteiger partial charge is 0.482 e. The third-order valence-electron chi connectivity index (χ3n) is 3.29. The Balaban J connectivity index is 1.81. The summed E-state index contributed by atoms with van der Waals surface area (Å²) in [6.07, 6.45) is 1.11. The molecule has 3 rings (SSSR count). The van der Waals surface area contributed by atoms with Crippen molar-refractivity contribution in [1.29, 1.82) is 0 Å². The van der Waals surface area contributed by atoms with Gasteiger partial charge in [0.05, 0.1) is 10.6 Å². The summed E-state index contributed by atoms with van der Waals surface area (Å²) in [5, 5.41) is 11.1. The van der Waals surface area contributed by atoms with Gasteiger partial charge in [-0.3, -0.25) is 0 Å². The van der Waals surface area contributed by atoms with Crippen molar-refractivity contribution in [2.24, 2.45) is 0 Å². The molecule has 3 aromatic rings. The van der Waals surface area contributed by atoms with Gasteiger partial charge in [-0.15, -0.1) is 5.10 Å². The van der Waals surface area contributed by atoms with Crippen molar-refractivity contribution in [2.75, 3.05) is 6.26 Å². The number of hydrogen-bond acceptors (Lipinski definition) is 6. The summed E-state index contributed by atoms with van der Waals surface area (Å²) < 4.78 is 56.0. The molecule has 0 radical (unpaired) electrons. The van der Waals surface area contributed by atoms with Gasteiger partial charge in [0.1, 0.15) is 12.4 Å². The second-order valence-corrected chi connectivity index (χ2v) is 7.15. The summed E-state index contributed by atoms with van der Waals surface area (Å²) in [4.78, 5) is 0.163. The van der Waals surface area contributed by atoms with Crippen LogP contribution < -0.4 is 4.74 Å². The van der Waals surface area contributed by atoms with Gasteiger partial charge >= 0.3 is 0 Å². The molecule has 2 aromatic carbocycles. The van der Waals surface area contributed by atoms with Crippen molar-refractivity contribution >= 4 is 9.84 Å².